The molecular formula is C21H21NO2. The molecular weight excluding hydrogens is 298 g/mol. The lowest BCUT2D eigenvalue weighted by atomic mass is 9.76. The van der Waals surface area contributed by atoms with Gasteiger partial charge in [0.25, 0.3) is 0 Å². The number of methoxy groups -OCH3 is 1. The van der Waals surface area contributed by atoms with Crippen molar-refractivity contribution in [3.63, 3.8) is 0 Å². The van der Waals surface area contributed by atoms with E-state index in [-0.39, 0.29) is 12.0 Å². The van der Waals surface area contributed by atoms with E-state index in [0.717, 1.165) is 6.42 Å². The molecule has 0 amide bonds. The van der Waals surface area contributed by atoms with Gasteiger partial charge in [0.15, 0.2) is 0 Å². The number of esters is 1. The normalized spacial score (nSPS) is 24.0. The van der Waals surface area contributed by atoms with Crippen molar-refractivity contribution in [2.75, 3.05) is 12.4 Å². The van der Waals surface area contributed by atoms with Gasteiger partial charge in [-0.1, -0.05) is 42.0 Å². The highest BCUT2D eigenvalue weighted by atomic mass is 16.5. The van der Waals surface area contributed by atoms with Gasteiger partial charge in [0.05, 0.1) is 18.7 Å². The van der Waals surface area contributed by atoms with Gasteiger partial charge in [-0.15, -0.1) is 0 Å². The van der Waals surface area contributed by atoms with E-state index < -0.39 is 0 Å². The van der Waals surface area contributed by atoms with Crippen LogP contribution in [-0.4, -0.2) is 13.1 Å². The third-order valence-corrected chi connectivity index (χ3v) is 5.21. The van der Waals surface area contributed by atoms with Crippen molar-refractivity contribution in [2.24, 2.45) is 5.92 Å². The second-order valence-electron chi connectivity index (χ2n) is 6.68. The van der Waals surface area contributed by atoms with Crippen molar-refractivity contribution >= 4 is 11.7 Å². The fraction of sp³-hybridized carbons (Fsp3) is 0.286. The van der Waals surface area contributed by atoms with Crippen LogP contribution in [-0.2, 0) is 4.74 Å². The maximum absolute atomic E-state index is 11.6. The monoisotopic (exact) mass is 319 g/mol. The molecule has 1 aliphatic carbocycles. The topological polar surface area (TPSA) is 38.3 Å². The standard InChI is InChI=1S/C21H21NO2/c1-13-6-11-19-18(12-13)16-4-3-5-17(16)20(22-19)14-7-9-15(10-8-14)21(23)24-2/h3-4,6-12,16-17,20,22H,5H2,1-2H3/t16-,17-,20-/m0/s1. The van der Waals surface area contributed by atoms with Crippen LogP contribution in [0.4, 0.5) is 5.69 Å². The van der Waals surface area contributed by atoms with Gasteiger partial charge in [-0.25, -0.2) is 4.79 Å². The minimum Gasteiger partial charge on any atom is -0.465 e. The quantitative estimate of drug-likeness (QED) is 0.649. The lowest BCUT2D eigenvalue weighted by molar-refractivity contribution is 0.0600. The summed E-state index contributed by atoms with van der Waals surface area (Å²) in [5.74, 6) is 0.689. The summed E-state index contributed by atoms with van der Waals surface area (Å²) >= 11 is 0. The largest absolute Gasteiger partial charge is 0.465 e. The first-order chi connectivity index (χ1) is 11.7. The fourth-order valence-corrected chi connectivity index (χ4v) is 3.99. The van der Waals surface area contributed by atoms with Crippen LogP contribution in [0.2, 0.25) is 0 Å². The second kappa shape index (κ2) is 5.82. The van der Waals surface area contributed by atoms with Gasteiger partial charge >= 0.3 is 5.97 Å². The molecule has 4 rings (SSSR count). The van der Waals surface area contributed by atoms with E-state index in [9.17, 15) is 4.79 Å². The van der Waals surface area contributed by atoms with Crippen molar-refractivity contribution < 1.29 is 9.53 Å². The lowest BCUT2D eigenvalue weighted by Crippen LogP contribution is -2.29. The lowest BCUT2D eigenvalue weighted by Gasteiger charge is -2.37. The van der Waals surface area contributed by atoms with Crippen LogP contribution in [0.3, 0.4) is 0 Å². The Morgan fingerprint density at radius 2 is 1.96 bits per heavy atom. The number of ether oxygens (including phenoxy) is 1. The Morgan fingerprint density at radius 1 is 1.17 bits per heavy atom. The fourth-order valence-electron chi connectivity index (χ4n) is 3.99. The second-order valence-corrected chi connectivity index (χ2v) is 6.68. The molecule has 122 valence electrons. The van der Waals surface area contributed by atoms with E-state index in [1.165, 1.54) is 29.5 Å². The Bertz CT molecular complexity index is 807. The number of carbonyl (C=O) groups is 1. The van der Waals surface area contributed by atoms with Crippen molar-refractivity contribution in [1.82, 2.24) is 0 Å². The molecule has 0 spiro atoms. The zero-order chi connectivity index (χ0) is 16.7. The number of nitrogens with one attached hydrogen (secondary N) is 1. The van der Waals surface area contributed by atoms with Crippen LogP contribution in [0, 0.1) is 12.8 Å². The number of fused-ring (bicyclic) bond motifs is 3. The number of anilines is 1. The van der Waals surface area contributed by atoms with Crippen molar-refractivity contribution in [2.45, 2.75) is 25.3 Å². The van der Waals surface area contributed by atoms with Gasteiger partial charge in [0.2, 0.25) is 0 Å². The van der Waals surface area contributed by atoms with Crippen LogP contribution in [0.25, 0.3) is 0 Å². The molecule has 1 N–H and O–H groups in total. The first kappa shape index (κ1) is 15.0. The number of rotatable bonds is 2. The zero-order valence-corrected chi connectivity index (χ0v) is 14.0. The molecule has 2 aliphatic rings. The molecule has 3 atom stereocenters. The summed E-state index contributed by atoms with van der Waals surface area (Å²) < 4.78 is 4.78. The summed E-state index contributed by atoms with van der Waals surface area (Å²) in [4.78, 5) is 11.6. The van der Waals surface area contributed by atoms with E-state index in [0.29, 0.717) is 17.4 Å². The maximum Gasteiger partial charge on any atom is 0.337 e. The van der Waals surface area contributed by atoms with Crippen LogP contribution < -0.4 is 5.32 Å². The summed E-state index contributed by atoms with van der Waals surface area (Å²) in [6.45, 7) is 2.14. The Hall–Kier alpha value is -2.55. The highest BCUT2D eigenvalue weighted by Gasteiger charge is 2.37. The van der Waals surface area contributed by atoms with Crippen molar-refractivity contribution in [3.05, 3.63) is 76.9 Å². The van der Waals surface area contributed by atoms with Crippen molar-refractivity contribution in [1.29, 1.82) is 0 Å². The predicted octanol–water partition coefficient (Wildman–Crippen LogP) is 4.61. The minimum atomic E-state index is -0.292. The minimum absolute atomic E-state index is 0.256. The first-order valence-electron chi connectivity index (χ1n) is 8.39. The highest BCUT2D eigenvalue weighted by Crippen LogP contribution is 2.49. The number of benzene rings is 2. The van der Waals surface area contributed by atoms with Gasteiger partial charge in [-0.2, -0.15) is 0 Å². The molecule has 2 aromatic carbocycles. The summed E-state index contributed by atoms with van der Waals surface area (Å²) in [6.07, 6.45) is 5.72. The molecule has 1 aliphatic heterocycles. The smallest absolute Gasteiger partial charge is 0.337 e. The number of allylic oxidation sites excluding steroid dienone is 2. The molecule has 1 heterocycles. The van der Waals surface area contributed by atoms with E-state index in [4.69, 9.17) is 4.74 Å². The summed E-state index contributed by atoms with van der Waals surface area (Å²) in [6, 6.07) is 14.7. The maximum atomic E-state index is 11.6. The highest BCUT2D eigenvalue weighted by molar-refractivity contribution is 5.89. The molecule has 0 unspecified atom stereocenters. The third kappa shape index (κ3) is 2.41. The summed E-state index contributed by atoms with van der Waals surface area (Å²) in [5.41, 5.74) is 5.73. The molecule has 3 heteroatoms. The molecule has 3 nitrogen and oxygen atoms in total. The summed E-state index contributed by atoms with van der Waals surface area (Å²) in [7, 11) is 1.41. The average Bonchev–Trinajstić information content (AvgIpc) is 3.11. The number of aryl methyl sites for hydroxylation is 1. The van der Waals surface area contributed by atoms with E-state index in [1.54, 1.807) is 0 Å². The zero-order valence-electron chi connectivity index (χ0n) is 14.0. The molecule has 2 aromatic rings. The van der Waals surface area contributed by atoms with Gasteiger partial charge < -0.3 is 10.1 Å². The van der Waals surface area contributed by atoms with E-state index in [2.05, 4.69) is 42.6 Å². The molecule has 0 saturated heterocycles. The van der Waals surface area contributed by atoms with E-state index in [1.807, 2.05) is 24.3 Å². The third-order valence-electron chi connectivity index (χ3n) is 5.21. The van der Waals surface area contributed by atoms with Gasteiger partial charge in [0, 0.05) is 11.6 Å². The van der Waals surface area contributed by atoms with E-state index >= 15 is 0 Å². The molecule has 0 bridgehead atoms. The molecule has 0 fully saturated rings. The van der Waals surface area contributed by atoms with Gasteiger partial charge in [-0.05, 0) is 48.6 Å². The molecule has 0 saturated carbocycles. The SMILES string of the molecule is COC(=O)c1ccc([C@@H]2Nc3ccc(C)cc3[C@H]3C=CC[C@@H]32)cc1. The van der Waals surface area contributed by atoms with Crippen molar-refractivity contribution in [3.8, 4) is 0 Å². The van der Waals surface area contributed by atoms with Crippen LogP contribution in [0.15, 0.2) is 54.6 Å². The predicted molar refractivity (Wildman–Crippen MR) is 95.3 cm³/mol. The molecule has 0 radical (unpaired) electrons. The molecule has 0 aromatic heterocycles. The number of hydrogen-bond acceptors (Lipinski definition) is 3. The van der Waals surface area contributed by atoms with Crippen LogP contribution >= 0.6 is 0 Å². The Balaban J connectivity index is 1.69. The number of hydrogen-bond donors (Lipinski definition) is 1. The van der Waals surface area contributed by atoms with Crippen LogP contribution in [0.1, 0.15) is 45.4 Å². The first-order valence-corrected chi connectivity index (χ1v) is 8.39. The van der Waals surface area contributed by atoms with Gasteiger partial charge in [0.1, 0.15) is 0 Å². The average molecular weight is 319 g/mol. The Morgan fingerprint density at radius 3 is 2.71 bits per heavy atom. The van der Waals surface area contributed by atoms with Crippen LogP contribution in [0.5, 0.6) is 0 Å². The Kier molecular flexibility index (Phi) is 3.64. The molecule has 24 heavy (non-hydrogen) atoms. The number of carbonyl (C=O) groups excluding carboxylic acids is 1. The Labute approximate surface area is 142 Å². The summed E-state index contributed by atoms with van der Waals surface area (Å²) in [5, 5.41) is 3.72. The van der Waals surface area contributed by atoms with Gasteiger partial charge in [-0.3, -0.25) is 0 Å².